The second kappa shape index (κ2) is 5.48. The minimum atomic E-state index is -0.0949. The molecule has 2 fully saturated rings. The van der Waals surface area contributed by atoms with Crippen molar-refractivity contribution in [2.24, 2.45) is 11.8 Å². The Morgan fingerprint density at radius 1 is 1.28 bits per heavy atom. The molecule has 3 nitrogen and oxygen atoms in total. The molecule has 0 amide bonds. The molecule has 0 radical (unpaired) electrons. The van der Waals surface area contributed by atoms with Crippen LogP contribution in [0.3, 0.4) is 0 Å². The second-order valence-electron chi connectivity index (χ2n) is 7.13. The number of morpholine rings is 1. The first-order chi connectivity index (χ1) is 8.35. The molecule has 18 heavy (non-hydrogen) atoms. The molecule has 4 unspecified atom stereocenters. The zero-order chi connectivity index (χ0) is 13.3. The van der Waals surface area contributed by atoms with Crippen LogP contribution in [0.15, 0.2) is 0 Å². The first-order valence-corrected chi connectivity index (χ1v) is 7.44. The van der Waals surface area contributed by atoms with Gasteiger partial charge in [-0.05, 0) is 51.9 Å². The number of ether oxygens (including phenoxy) is 1. The van der Waals surface area contributed by atoms with Gasteiger partial charge in [0, 0.05) is 19.6 Å². The van der Waals surface area contributed by atoms with Crippen LogP contribution < -0.4 is 0 Å². The summed E-state index contributed by atoms with van der Waals surface area (Å²) < 4.78 is 5.94. The van der Waals surface area contributed by atoms with Crippen molar-refractivity contribution in [3.05, 3.63) is 0 Å². The Morgan fingerprint density at radius 2 is 2.00 bits per heavy atom. The highest BCUT2D eigenvalue weighted by Gasteiger charge is 2.34. The summed E-state index contributed by atoms with van der Waals surface area (Å²) in [6.07, 6.45) is 3.54. The number of aliphatic hydroxyl groups excluding tert-OH is 1. The van der Waals surface area contributed by atoms with Crippen LogP contribution in [0, 0.1) is 11.8 Å². The van der Waals surface area contributed by atoms with E-state index in [1.54, 1.807) is 0 Å². The van der Waals surface area contributed by atoms with E-state index in [9.17, 15) is 5.11 Å². The summed E-state index contributed by atoms with van der Waals surface area (Å²) in [5, 5.41) is 10.2. The molecule has 3 heteroatoms. The molecule has 1 saturated carbocycles. The second-order valence-corrected chi connectivity index (χ2v) is 7.13. The molecule has 1 saturated heterocycles. The third-order valence-electron chi connectivity index (χ3n) is 4.34. The van der Waals surface area contributed by atoms with E-state index in [1.807, 2.05) is 0 Å². The van der Waals surface area contributed by atoms with Crippen LogP contribution in [-0.4, -0.2) is 47.4 Å². The Kier molecular flexibility index (Phi) is 4.35. The summed E-state index contributed by atoms with van der Waals surface area (Å²) in [4.78, 5) is 2.49. The number of aliphatic hydroxyl groups is 1. The lowest BCUT2D eigenvalue weighted by Crippen LogP contribution is -2.54. The predicted molar refractivity (Wildman–Crippen MR) is 73.6 cm³/mol. The van der Waals surface area contributed by atoms with Gasteiger partial charge in [-0.2, -0.15) is 0 Å². The van der Waals surface area contributed by atoms with Gasteiger partial charge in [0.2, 0.25) is 0 Å². The normalized spacial score (nSPS) is 41.8. The van der Waals surface area contributed by atoms with E-state index >= 15 is 0 Å². The van der Waals surface area contributed by atoms with Gasteiger partial charge in [-0.1, -0.05) is 6.92 Å². The average Bonchev–Trinajstić information content (AvgIpc) is 2.20. The Balaban J connectivity index is 1.91. The summed E-state index contributed by atoms with van der Waals surface area (Å²) >= 11 is 0. The lowest BCUT2D eigenvalue weighted by molar-refractivity contribution is -0.135. The van der Waals surface area contributed by atoms with Crippen molar-refractivity contribution in [2.45, 2.75) is 64.8 Å². The van der Waals surface area contributed by atoms with Crippen molar-refractivity contribution in [1.29, 1.82) is 0 Å². The average molecular weight is 255 g/mol. The summed E-state index contributed by atoms with van der Waals surface area (Å²) in [5.74, 6) is 1.22. The number of rotatable bonds is 2. The van der Waals surface area contributed by atoms with Crippen LogP contribution in [0.4, 0.5) is 0 Å². The summed E-state index contributed by atoms with van der Waals surface area (Å²) in [6, 6.07) is 0. The van der Waals surface area contributed by atoms with Crippen LogP contribution in [0.5, 0.6) is 0 Å². The molecule has 4 atom stereocenters. The molecule has 1 N–H and O–H groups in total. The summed E-state index contributed by atoms with van der Waals surface area (Å²) in [5.41, 5.74) is -0.0527. The number of nitrogens with zero attached hydrogens (tertiary/aromatic N) is 1. The molecule has 1 heterocycles. The van der Waals surface area contributed by atoms with Gasteiger partial charge in [0.15, 0.2) is 0 Å². The van der Waals surface area contributed by atoms with Gasteiger partial charge in [-0.3, -0.25) is 4.90 Å². The highest BCUT2D eigenvalue weighted by Crippen LogP contribution is 2.31. The fraction of sp³-hybridized carbons (Fsp3) is 1.00. The van der Waals surface area contributed by atoms with Crippen LogP contribution in [-0.2, 0) is 4.74 Å². The van der Waals surface area contributed by atoms with E-state index in [2.05, 4.69) is 32.6 Å². The zero-order valence-electron chi connectivity index (χ0n) is 12.4. The Labute approximate surface area is 112 Å². The predicted octanol–water partition coefficient (Wildman–Crippen LogP) is 2.28. The quantitative estimate of drug-likeness (QED) is 0.821. The highest BCUT2D eigenvalue weighted by atomic mass is 16.5. The molecule has 0 aromatic rings. The SMILES string of the molecule is CC1CCC(O)C(CN2CC(C)OC(C)(C)C2)C1. The summed E-state index contributed by atoms with van der Waals surface area (Å²) in [6.45, 7) is 11.8. The van der Waals surface area contributed by atoms with E-state index in [0.29, 0.717) is 12.0 Å². The zero-order valence-corrected chi connectivity index (χ0v) is 12.4. The molecule has 1 aliphatic heterocycles. The maximum absolute atomic E-state index is 10.2. The fourth-order valence-electron chi connectivity index (χ4n) is 3.74. The van der Waals surface area contributed by atoms with Crippen LogP contribution in [0.2, 0.25) is 0 Å². The van der Waals surface area contributed by atoms with E-state index in [4.69, 9.17) is 4.74 Å². The standard InChI is InChI=1S/C15H29NO2/c1-11-5-6-14(17)13(7-11)9-16-8-12(2)18-15(3,4)10-16/h11-14,17H,5-10H2,1-4H3. The highest BCUT2D eigenvalue weighted by molar-refractivity contribution is 4.86. The Morgan fingerprint density at radius 3 is 2.67 bits per heavy atom. The first kappa shape index (κ1) is 14.3. The van der Waals surface area contributed by atoms with E-state index < -0.39 is 0 Å². The van der Waals surface area contributed by atoms with Crippen molar-refractivity contribution in [2.75, 3.05) is 19.6 Å². The molecule has 106 valence electrons. The fourth-order valence-corrected chi connectivity index (χ4v) is 3.74. The van der Waals surface area contributed by atoms with Gasteiger partial charge in [0.1, 0.15) is 0 Å². The number of hydrogen-bond donors (Lipinski definition) is 1. The van der Waals surface area contributed by atoms with Crippen LogP contribution in [0.1, 0.15) is 47.0 Å². The Hall–Kier alpha value is -0.120. The third kappa shape index (κ3) is 3.69. The van der Waals surface area contributed by atoms with Gasteiger partial charge >= 0.3 is 0 Å². The van der Waals surface area contributed by atoms with Gasteiger partial charge < -0.3 is 9.84 Å². The maximum Gasteiger partial charge on any atom is 0.0757 e. The largest absolute Gasteiger partial charge is 0.393 e. The molecule has 0 aromatic heterocycles. The number of hydrogen-bond acceptors (Lipinski definition) is 3. The van der Waals surface area contributed by atoms with Crippen molar-refractivity contribution >= 4 is 0 Å². The molecule has 2 aliphatic rings. The lowest BCUT2D eigenvalue weighted by atomic mass is 9.80. The lowest BCUT2D eigenvalue weighted by Gasteiger charge is -2.44. The van der Waals surface area contributed by atoms with E-state index in [-0.39, 0.29) is 11.7 Å². The monoisotopic (exact) mass is 255 g/mol. The molecule has 1 aliphatic carbocycles. The van der Waals surface area contributed by atoms with Crippen LogP contribution in [0.25, 0.3) is 0 Å². The van der Waals surface area contributed by atoms with Crippen LogP contribution >= 0.6 is 0 Å². The van der Waals surface area contributed by atoms with Crippen molar-refractivity contribution < 1.29 is 9.84 Å². The van der Waals surface area contributed by atoms with E-state index in [1.165, 1.54) is 12.8 Å². The van der Waals surface area contributed by atoms with Gasteiger partial charge in [-0.15, -0.1) is 0 Å². The molecular formula is C15H29NO2. The summed E-state index contributed by atoms with van der Waals surface area (Å²) in [7, 11) is 0. The van der Waals surface area contributed by atoms with Crippen molar-refractivity contribution in [1.82, 2.24) is 4.90 Å². The molecular weight excluding hydrogens is 226 g/mol. The van der Waals surface area contributed by atoms with Crippen molar-refractivity contribution in [3.63, 3.8) is 0 Å². The van der Waals surface area contributed by atoms with E-state index in [0.717, 1.165) is 32.0 Å². The van der Waals surface area contributed by atoms with Gasteiger partial charge in [0.25, 0.3) is 0 Å². The minimum absolute atomic E-state index is 0.0527. The minimum Gasteiger partial charge on any atom is -0.393 e. The maximum atomic E-state index is 10.2. The Bertz CT molecular complexity index is 280. The molecule has 0 bridgehead atoms. The third-order valence-corrected chi connectivity index (χ3v) is 4.34. The smallest absolute Gasteiger partial charge is 0.0757 e. The first-order valence-electron chi connectivity index (χ1n) is 7.44. The van der Waals surface area contributed by atoms with Gasteiger partial charge in [-0.25, -0.2) is 0 Å². The molecule has 0 spiro atoms. The van der Waals surface area contributed by atoms with Gasteiger partial charge in [0.05, 0.1) is 17.8 Å². The topological polar surface area (TPSA) is 32.7 Å². The molecule has 2 rings (SSSR count). The van der Waals surface area contributed by atoms with Crippen molar-refractivity contribution in [3.8, 4) is 0 Å². The molecule has 0 aromatic carbocycles.